The molecule has 6 heteroatoms. The first-order valence-corrected chi connectivity index (χ1v) is 14.4. The minimum atomic E-state index is -0.385. The molecule has 33 heavy (non-hydrogen) atoms. The largest absolute Gasteiger partial charge is 0.423 e. The molecule has 0 aromatic heterocycles. The first-order chi connectivity index (χ1) is 16.0. The zero-order valence-electron chi connectivity index (χ0n) is 17.3. The van der Waals surface area contributed by atoms with Gasteiger partial charge >= 0.3 is 5.97 Å². The number of rotatable bonds is 6. The van der Waals surface area contributed by atoms with Gasteiger partial charge in [-0.05, 0) is 128 Å². The lowest BCUT2D eigenvalue weighted by Gasteiger charge is -2.12. The molecule has 4 rings (SSSR count). The molecule has 0 amide bonds. The van der Waals surface area contributed by atoms with Crippen LogP contribution in [0.2, 0.25) is 0 Å². The van der Waals surface area contributed by atoms with E-state index in [4.69, 9.17) is 4.74 Å². The summed E-state index contributed by atoms with van der Waals surface area (Å²) in [6, 6.07) is 33.1. The Morgan fingerprint density at radius 3 is 1.70 bits per heavy atom. The third-order valence-corrected chi connectivity index (χ3v) is 11.0. The van der Waals surface area contributed by atoms with E-state index in [1.807, 2.05) is 36.4 Å². The molecule has 0 fully saturated rings. The monoisotopic (exact) mass is 787 g/mol. The fraction of sp³-hybridized carbons (Fsp3) is 0. The highest BCUT2D eigenvalue weighted by atomic mass is 127. The van der Waals surface area contributed by atoms with E-state index in [0.29, 0.717) is 11.3 Å². The molecule has 0 atom stereocenters. The summed E-state index contributed by atoms with van der Waals surface area (Å²) in [5.41, 5.74) is 1.36. The number of benzene rings is 4. The van der Waals surface area contributed by atoms with Crippen molar-refractivity contribution in [3.63, 3.8) is 0 Å². The van der Waals surface area contributed by atoms with Crippen LogP contribution in [0.3, 0.4) is 0 Å². The summed E-state index contributed by atoms with van der Waals surface area (Å²) in [6.07, 6.45) is 0. The number of hydrogen-bond acceptors (Lipinski definition) is 2. The van der Waals surface area contributed by atoms with Crippen molar-refractivity contribution in [3.8, 4) is 0 Å². The summed E-state index contributed by atoms with van der Waals surface area (Å²) in [4.78, 5) is 16.6. The third kappa shape index (κ3) is 5.83. The van der Waals surface area contributed by atoms with Crippen LogP contribution < -0.4 is 0 Å². The highest BCUT2D eigenvalue weighted by Gasteiger charge is 2.28. The first-order valence-electron chi connectivity index (χ1n) is 9.95. The van der Waals surface area contributed by atoms with Gasteiger partial charge in [-0.2, -0.15) is 0 Å². The van der Waals surface area contributed by atoms with Crippen molar-refractivity contribution < 1.29 is 9.53 Å². The Hall–Kier alpha value is -1.37. The van der Waals surface area contributed by atoms with Gasteiger partial charge in [0.15, 0.2) is 14.7 Å². The van der Waals surface area contributed by atoms with E-state index in [1.54, 1.807) is 0 Å². The molecule has 4 aromatic carbocycles. The van der Waals surface area contributed by atoms with Crippen molar-refractivity contribution >= 4 is 90.4 Å². The zero-order chi connectivity index (χ0) is 23.4. The predicted octanol–water partition coefficient (Wildman–Crippen LogP) is 8.42. The molecule has 0 radical (unpaired) electrons. The first kappa shape index (κ1) is 24.7. The van der Waals surface area contributed by atoms with Gasteiger partial charge < -0.3 is 4.74 Å². The normalized spacial score (nSPS) is 10.8. The maximum absolute atomic E-state index is 12.9. The van der Waals surface area contributed by atoms with E-state index in [9.17, 15) is 4.79 Å². The highest BCUT2D eigenvalue weighted by molar-refractivity contribution is 14.1. The third-order valence-electron chi connectivity index (χ3n) is 4.83. The molecule has 164 valence electrons. The van der Waals surface area contributed by atoms with E-state index < -0.39 is 0 Å². The van der Waals surface area contributed by atoms with Crippen molar-refractivity contribution in [2.45, 2.75) is 14.7 Å². The standard InChI is InChI=1S/C27H18I3O2S/c1-18(32-27(31)25-23(28)16-17-24(29)26(25)30)19-12-14-22(15-13-19)33(20-8-4-2-5-9-20)21-10-6-3-7-11-21/h2-17H,1H2/q+1. The van der Waals surface area contributed by atoms with Gasteiger partial charge in [-0.1, -0.05) is 43.0 Å². The van der Waals surface area contributed by atoms with Crippen LogP contribution >= 0.6 is 67.8 Å². The summed E-state index contributed by atoms with van der Waals surface area (Å²) >= 11 is 6.58. The number of esters is 1. The van der Waals surface area contributed by atoms with Crippen molar-refractivity contribution in [1.29, 1.82) is 0 Å². The van der Waals surface area contributed by atoms with Crippen molar-refractivity contribution in [1.82, 2.24) is 0 Å². The molecule has 0 aliphatic rings. The van der Waals surface area contributed by atoms with Gasteiger partial charge in [0.1, 0.15) is 5.76 Å². The Morgan fingerprint density at radius 2 is 1.15 bits per heavy atom. The van der Waals surface area contributed by atoms with Crippen LogP contribution in [0.4, 0.5) is 0 Å². The average molecular weight is 787 g/mol. The van der Waals surface area contributed by atoms with Crippen LogP contribution in [-0.2, 0) is 15.6 Å². The Morgan fingerprint density at radius 1 is 0.667 bits per heavy atom. The molecule has 0 N–H and O–H groups in total. The van der Waals surface area contributed by atoms with Crippen LogP contribution in [0.25, 0.3) is 5.76 Å². The highest BCUT2D eigenvalue weighted by Crippen LogP contribution is 2.32. The fourth-order valence-electron chi connectivity index (χ4n) is 3.23. The SMILES string of the molecule is C=C(OC(=O)c1c(I)ccc(I)c1I)c1ccc([S+](c2ccccc2)c2ccccc2)cc1. The topological polar surface area (TPSA) is 26.3 Å². The van der Waals surface area contributed by atoms with Crippen molar-refractivity contribution in [3.05, 3.63) is 125 Å². The van der Waals surface area contributed by atoms with Crippen LogP contribution in [0, 0.1) is 10.7 Å². The molecule has 0 spiro atoms. The summed E-state index contributed by atoms with van der Waals surface area (Å²) in [6.45, 7) is 4.02. The van der Waals surface area contributed by atoms with Gasteiger partial charge in [0, 0.05) is 16.3 Å². The smallest absolute Gasteiger partial charge is 0.345 e. The molecule has 4 aromatic rings. The number of ether oxygens (including phenoxy) is 1. The maximum atomic E-state index is 12.9. The molecule has 0 aliphatic carbocycles. The van der Waals surface area contributed by atoms with Gasteiger partial charge in [-0.3, -0.25) is 0 Å². The van der Waals surface area contributed by atoms with Gasteiger partial charge in [0.25, 0.3) is 0 Å². The minimum Gasteiger partial charge on any atom is -0.423 e. The lowest BCUT2D eigenvalue weighted by Crippen LogP contribution is -2.10. The Kier molecular flexibility index (Phi) is 8.53. The summed E-state index contributed by atoms with van der Waals surface area (Å²) in [7, 11) is -0.226. The molecule has 0 heterocycles. The second kappa shape index (κ2) is 11.4. The lowest BCUT2D eigenvalue weighted by molar-refractivity contribution is 0.0690. The minimum absolute atomic E-state index is 0.226. The van der Waals surface area contributed by atoms with Crippen molar-refractivity contribution in [2.75, 3.05) is 0 Å². The quantitative estimate of drug-likeness (QED) is 0.0646. The molecular weight excluding hydrogens is 769 g/mol. The summed E-state index contributed by atoms with van der Waals surface area (Å²) in [5.74, 6) is -0.0407. The fourth-order valence-corrected chi connectivity index (χ4v) is 7.64. The van der Waals surface area contributed by atoms with Crippen molar-refractivity contribution in [2.24, 2.45) is 0 Å². The second-order valence-electron chi connectivity index (χ2n) is 6.99. The predicted molar refractivity (Wildman–Crippen MR) is 161 cm³/mol. The number of halogens is 3. The maximum Gasteiger partial charge on any atom is 0.345 e. The van der Waals surface area contributed by atoms with E-state index in [-0.39, 0.29) is 16.9 Å². The number of carbonyl (C=O) groups excluding carboxylic acids is 1. The number of carbonyl (C=O) groups is 1. The van der Waals surface area contributed by atoms with Gasteiger partial charge in [0.2, 0.25) is 0 Å². The van der Waals surface area contributed by atoms with Gasteiger partial charge in [0.05, 0.1) is 16.5 Å². The van der Waals surface area contributed by atoms with E-state index in [1.165, 1.54) is 14.7 Å². The second-order valence-corrected chi connectivity index (χ2v) is 12.4. The Balaban J connectivity index is 1.59. The summed E-state index contributed by atoms with van der Waals surface area (Å²) in [5, 5.41) is 0. The summed E-state index contributed by atoms with van der Waals surface area (Å²) < 4.78 is 8.44. The Labute approximate surface area is 237 Å². The molecular formula is C27H18I3O2S+. The van der Waals surface area contributed by atoms with Crippen LogP contribution in [0.5, 0.6) is 0 Å². The van der Waals surface area contributed by atoms with Crippen LogP contribution in [0.1, 0.15) is 15.9 Å². The molecule has 0 saturated carbocycles. The molecule has 0 aliphatic heterocycles. The van der Waals surface area contributed by atoms with Crippen LogP contribution in [0.15, 0.2) is 118 Å². The van der Waals surface area contributed by atoms with E-state index in [0.717, 1.165) is 16.3 Å². The average Bonchev–Trinajstić information content (AvgIpc) is 2.84. The van der Waals surface area contributed by atoms with Crippen LogP contribution in [-0.4, -0.2) is 5.97 Å². The molecule has 0 bridgehead atoms. The van der Waals surface area contributed by atoms with Gasteiger partial charge in [-0.15, -0.1) is 0 Å². The molecule has 2 nitrogen and oxygen atoms in total. The van der Waals surface area contributed by atoms with E-state index in [2.05, 4.69) is 135 Å². The Bertz CT molecular complexity index is 1250. The zero-order valence-corrected chi connectivity index (χ0v) is 24.6. The van der Waals surface area contributed by atoms with E-state index >= 15 is 0 Å². The molecule has 0 saturated heterocycles. The number of hydrogen-bond donors (Lipinski definition) is 0. The van der Waals surface area contributed by atoms with Gasteiger partial charge in [-0.25, -0.2) is 4.79 Å². The molecule has 0 unspecified atom stereocenters. The lowest BCUT2D eigenvalue weighted by atomic mass is 10.2.